The highest BCUT2D eigenvalue weighted by Crippen LogP contribution is 1.88. The number of nitrogens with one attached hydrogen (secondary N) is 1. The Bertz CT molecular complexity index is 146. The van der Waals surface area contributed by atoms with E-state index in [4.69, 9.17) is 5.11 Å². The predicted molar refractivity (Wildman–Crippen MR) is 47.8 cm³/mol. The molecule has 2 N–H and O–H groups in total. The van der Waals surface area contributed by atoms with Gasteiger partial charge in [-0.2, -0.15) is 0 Å². The maximum atomic E-state index is 11.2. The molecule has 0 radical (unpaired) electrons. The van der Waals surface area contributed by atoms with Crippen LogP contribution in [-0.4, -0.2) is 48.7 Å². The first-order chi connectivity index (χ1) is 5.45. The van der Waals surface area contributed by atoms with Crippen LogP contribution in [0.5, 0.6) is 0 Å². The first-order valence-electron chi connectivity index (χ1n) is 4.07. The van der Waals surface area contributed by atoms with E-state index in [9.17, 15) is 4.79 Å². The molecule has 0 aromatic carbocycles. The van der Waals surface area contributed by atoms with E-state index in [1.165, 1.54) is 4.90 Å². The van der Waals surface area contributed by atoms with Crippen LogP contribution >= 0.6 is 0 Å². The van der Waals surface area contributed by atoms with Crippen molar-refractivity contribution in [2.24, 2.45) is 0 Å². The number of nitrogens with zero attached hydrogens (tertiary/aromatic N) is 1. The lowest BCUT2D eigenvalue weighted by Gasteiger charge is -2.18. The zero-order chi connectivity index (χ0) is 9.72. The van der Waals surface area contributed by atoms with Gasteiger partial charge in [-0.1, -0.05) is 0 Å². The van der Waals surface area contributed by atoms with E-state index in [0.717, 1.165) is 0 Å². The molecule has 0 heterocycles. The van der Waals surface area contributed by atoms with E-state index in [1.807, 2.05) is 0 Å². The van der Waals surface area contributed by atoms with Crippen molar-refractivity contribution in [2.45, 2.75) is 26.0 Å². The van der Waals surface area contributed by atoms with Gasteiger partial charge in [-0.3, -0.25) is 4.79 Å². The summed E-state index contributed by atoms with van der Waals surface area (Å²) >= 11 is 0. The summed E-state index contributed by atoms with van der Waals surface area (Å²) in [5.41, 5.74) is 0. The Hall–Kier alpha value is -0.610. The van der Waals surface area contributed by atoms with Crippen molar-refractivity contribution in [2.75, 3.05) is 20.6 Å². The van der Waals surface area contributed by atoms with E-state index in [-0.39, 0.29) is 11.9 Å². The minimum absolute atomic E-state index is 0.0238. The number of hydrogen-bond donors (Lipinski definition) is 2. The minimum atomic E-state index is -0.414. The second-order valence-electron chi connectivity index (χ2n) is 3.21. The average Bonchev–Trinajstić information content (AvgIpc) is 1.98. The highest BCUT2D eigenvalue weighted by atomic mass is 16.3. The highest BCUT2D eigenvalue weighted by molar-refractivity contribution is 5.80. The van der Waals surface area contributed by atoms with Crippen LogP contribution in [0.25, 0.3) is 0 Å². The van der Waals surface area contributed by atoms with Gasteiger partial charge >= 0.3 is 0 Å². The molecule has 1 unspecified atom stereocenters. The molecule has 1 amide bonds. The number of amides is 1. The van der Waals surface area contributed by atoms with Gasteiger partial charge in [0.2, 0.25) is 5.91 Å². The van der Waals surface area contributed by atoms with Crippen LogP contribution in [0.15, 0.2) is 0 Å². The van der Waals surface area contributed by atoms with Gasteiger partial charge in [0.05, 0.1) is 12.1 Å². The zero-order valence-corrected chi connectivity index (χ0v) is 8.16. The van der Waals surface area contributed by atoms with Crippen LogP contribution in [0.1, 0.15) is 13.8 Å². The van der Waals surface area contributed by atoms with E-state index >= 15 is 0 Å². The summed E-state index contributed by atoms with van der Waals surface area (Å²) < 4.78 is 0. The maximum absolute atomic E-state index is 11.2. The number of aliphatic hydroxyl groups excluding tert-OH is 1. The van der Waals surface area contributed by atoms with E-state index in [0.29, 0.717) is 6.54 Å². The van der Waals surface area contributed by atoms with Crippen LogP contribution in [0.2, 0.25) is 0 Å². The van der Waals surface area contributed by atoms with Crippen molar-refractivity contribution in [1.82, 2.24) is 10.2 Å². The second-order valence-corrected chi connectivity index (χ2v) is 3.21. The van der Waals surface area contributed by atoms with Crippen molar-refractivity contribution in [3.8, 4) is 0 Å². The lowest BCUT2D eigenvalue weighted by atomic mass is 10.3. The largest absolute Gasteiger partial charge is 0.392 e. The van der Waals surface area contributed by atoms with Crippen molar-refractivity contribution in [1.29, 1.82) is 0 Å². The minimum Gasteiger partial charge on any atom is -0.392 e. The molecule has 0 aromatic heterocycles. The lowest BCUT2D eigenvalue weighted by Crippen LogP contribution is -2.43. The van der Waals surface area contributed by atoms with E-state index in [1.54, 1.807) is 27.9 Å². The fourth-order valence-electron chi connectivity index (χ4n) is 0.822. The monoisotopic (exact) mass is 174 g/mol. The Morgan fingerprint density at radius 1 is 1.50 bits per heavy atom. The first kappa shape index (κ1) is 11.4. The number of hydrogen-bond acceptors (Lipinski definition) is 3. The fraction of sp³-hybridized carbons (Fsp3) is 0.875. The van der Waals surface area contributed by atoms with Crippen LogP contribution in [0.3, 0.4) is 0 Å². The predicted octanol–water partition coefficient (Wildman–Crippen LogP) is -0.566. The molecule has 0 saturated heterocycles. The van der Waals surface area contributed by atoms with Gasteiger partial charge in [-0.15, -0.1) is 0 Å². The molecule has 0 aliphatic carbocycles. The molecular weight excluding hydrogens is 156 g/mol. The topological polar surface area (TPSA) is 52.6 Å². The lowest BCUT2D eigenvalue weighted by molar-refractivity contribution is -0.130. The molecule has 0 saturated carbocycles. The SMILES string of the molecule is CC(NC[C@H](C)O)C(=O)N(C)C. The average molecular weight is 174 g/mol. The smallest absolute Gasteiger partial charge is 0.238 e. The summed E-state index contributed by atoms with van der Waals surface area (Å²) in [6.07, 6.45) is -0.414. The summed E-state index contributed by atoms with van der Waals surface area (Å²) in [5, 5.41) is 11.9. The van der Waals surface area contributed by atoms with Crippen LogP contribution in [0.4, 0.5) is 0 Å². The molecule has 4 heteroatoms. The summed E-state index contributed by atoms with van der Waals surface area (Å²) in [6, 6.07) is -0.227. The third-order valence-corrected chi connectivity index (χ3v) is 1.53. The third kappa shape index (κ3) is 4.31. The van der Waals surface area contributed by atoms with E-state index < -0.39 is 6.10 Å². The second kappa shape index (κ2) is 5.11. The molecule has 4 nitrogen and oxygen atoms in total. The van der Waals surface area contributed by atoms with Gasteiger partial charge in [0, 0.05) is 20.6 Å². The molecule has 0 spiro atoms. The van der Waals surface area contributed by atoms with Crippen LogP contribution in [0, 0.1) is 0 Å². The number of carbonyl (C=O) groups is 1. The Balaban J connectivity index is 3.72. The molecule has 72 valence electrons. The highest BCUT2D eigenvalue weighted by Gasteiger charge is 2.13. The summed E-state index contributed by atoms with van der Waals surface area (Å²) in [7, 11) is 3.42. The summed E-state index contributed by atoms with van der Waals surface area (Å²) in [4.78, 5) is 12.8. The number of aliphatic hydroxyl groups is 1. The van der Waals surface area contributed by atoms with Gasteiger partial charge in [-0.25, -0.2) is 0 Å². The molecule has 12 heavy (non-hydrogen) atoms. The van der Waals surface area contributed by atoms with Crippen molar-refractivity contribution >= 4 is 5.91 Å². The molecule has 0 aliphatic rings. The molecule has 0 aromatic rings. The molecule has 0 fully saturated rings. The van der Waals surface area contributed by atoms with Gasteiger partial charge in [0.25, 0.3) is 0 Å². The van der Waals surface area contributed by atoms with Gasteiger partial charge < -0.3 is 15.3 Å². The molecular formula is C8H18N2O2. The fourth-order valence-corrected chi connectivity index (χ4v) is 0.822. The number of carbonyl (C=O) groups excluding carboxylic acids is 1. The Morgan fingerprint density at radius 2 is 2.00 bits per heavy atom. The molecule has 0 rings (SSSR count). The van der Waals surface area contributed by atoms with Gasteiger partial charge in [-0.05, 0) is 13.8 Å². The third-order valence-electron chi connectivity index (χ3n) is 1.53. The van der Waals surface area contributed by atoms with Crippen molar-refractivity contribution in [3.63, 3.8) is 0 Å². The summed E-state index contributed by atoms with van der Waals surface area (Å²) in [5.74, 6) is 0.0238. The van der Waals surface area contributed by atoms with Crippen LogP contribution < -0.4 is 5.32 Å². The Labute approximate surface area is 73.6 Å². The number of rotatable bonds is 4. The standard InChI is InChI=1S/C8H18N2O2/c1-6(11)5-9-7(2)8(12)10(3)4/h6-7,9,11H,5H2,1-4H3/t6-,7?/m0/s1. The Morgan fingerprint density at radius 3 is 2.33 bits per heavy atom. The van der Waals surface area contributed by atoms with Crippen LogP contribution in [-0.2, 0) is 4.79 Å². The quantitative estimate of drug-likeness (QED) is 0.600. The maximum Gasteiger partial charge on any atom is 0.238 e. The zero-order valence-electron chi connectivity index (χ0n) is 8.16. The van der Waals surface area contributed by atoms with Crippen molar-refractivity contribution in [3.05, 3.63) is 0 Å². The van der Waals surface area contributed by atoms with Gasteiger partial charge in [0.15, 0.2) is 0 Å². The van der Waals surface area contributed by atoms with Crippen molar-refractivity contribution < 1.29 is 9.90 Å². The molecule has 0 aliphatic heterocycles. The Kier molecular flexibility index (Phi) is 4.85. The van der Waals surface area contributed by atoms with Gasteiger partial charge in [0.1, 0.15) is 0 Å². The molecule has 0 bridgehead atoms. The summed E-state index contributed by atoms with van der Waals surface area (Å²) in [6.45, 7) is 3.91. The first-order valence-corrected chi connectivity index (χ1v) is 4.07. The van der Waals surface area contributed by atoms with E-state index in [2.05, 4.69) is 5.32 Å². The molecule has 2 atom stereocenters. The number of likely N-dealkylation sites (N-methyl/N-ethyl adjacent to an activating group) is 1. The normalized spacial score (nSPS) is 15.4.